The lowest BCUT2D eigenvalue weighted by molar-refractivity contribution is 0.317. The van der Waals surface area contributed by atoms with Crippen LogP contribution in [0.5, 0.6) is 11.5 Å². The number of aromatic amines is 1. The molecule has 2 aromatic rings. The van der Waals surface area contributed by atoms with Crippen LogP contribution in [0, 0.1) is 4.77 Å². The van der Waals surface area contributed by atoms with E-state index in [9.17, 15) is 5.11 Å². The molecule has 2 rings (SSSR count). The first-order chi connectivity index (χ1) is 10.1. The van der Waals surface area contributed by atoms with Gasteiger partial charge in [0.1, 0.15) is 0 Å². The van der Waals surface area contributed by atoms with Crippen molar-refractivity contribution >= 4 is 34.4 Å². The van der Waals surface area contributed by atoms with Gasteiger partial charge in [-0.1, -0.05) is 6.92 Å². The monoisotopic (exact) mass is 370 g/mol. The third kappa shape index (κ3) is 3.51. The van der Waals surface area contributed by atoms with E-state index in [4.69, 9.17) is 17.0 Å². The number of hydrogen-bond acceptors (Lipinski definition) is 5. The number of aromatic hydroxyl groups is 1. The molecule has 112 valence electrons. The van der Waals surface area contributed by atoms with Crippen molar-refractivity contribution in [1.29, 1.82) is 0 Å². The predicted molar refractivity (Wildman–Crippen MR) is 86.8 cm³/mol. The van der Waals surface area contributed by atoms with Gasteiger partial charge in [-0.3, -0.25) is 5.10 Å². The van der Waals surface area contributed by atoms with E-state index in [1.807, 2.05) is 13.8 Å². The number of aromatic nitrogens is 3. The summed E-state index contributed by atoms with van der Waals surface area (Å²) in [6.07, 6.45) is 2.35. The molecule has 0 saturated heterocycles. The molecule has 0 atom stereocenters. The molecule has 0 saturated carbocycles. The molecule has 0 aliphatic carbocycles. The quantitative estimate of drug-likeness (QED) is 0.625. The molecule has 21 heavy (non-hydrogen) atoms. The third-order valence-electron chi connectivity index (χ3n) is 2.71. The SMILES string of the molecule is CCOc1cc(C=Nn2c(CC)n[nH]c2=S)cc(Br)c1O. The van der Waals surface area contributed by atoms with Gasteiger partial charge in [0.15, 0.2) is 17.3 Å². The van der Waals surface area contributed by atoms with Crippen LogP contribution in [0.25, 0.3) is 0 Å². The van der Waals surface area contributed by atoms with Crippen LogP contribution < -0.4 is 4.74 Å². The normalized spacial score (nSPS) is 11.2. The van der Waals surface area contributed by atoms with Gasteiger partial charge in [-0.05, 0) is 52.8 Å². The zero-order valence-corrected chi connectivity index (χ0v) is 14.0. The Kier molecular flexibility index (Phi) is 5.13. The Morgan fingerprint density at radius 2 is 2.29 bits per heavy atom. The van der Waals surface area contributed by atoms with Crippen LogP contribution in [0.1, 0.15) is 25.2 Å². The maximum Gasteiger partial charge on any atom is 0.216 e. The minimum Gasteiger partial charge on any atom is -0.503 e. The summed E-state index contributed by atoms with van der Waals surface area (Å²) in [5.41, 5.74) is 0.772. The molecule has 8 heteroatoms. The molecule has 0 unspecified atom stereocenters. The lowest BCUT2D eigenvalue weighted by Gasteiger charge is -2.08. The Morgan fingerprint density at radius 1 is 1.52 bits per heavy atom. The molecular weight excluding hydrogens is 356 g/mol. The van der Waals surface area contributed by atoms with Crippen molar-refractivity contribution in [2.75, 3.05) is 6.61 Å². The molecule has 6 nitrogen and oxygen atoms in total. The lowest BCUT2D eigenvalue weighted by atomic mass is 10.2. The second kappa shape index (κ2) is 6.86. The lowest BCUT2D eigenvalue weighted by Crippen LogP contribution is -1.98. The van der Waals surface area contributed by atoms with Crippen LogP contribution in [0.4, 0.5) is 0 Å². The Hall–Kier alpha value is -1.67. The number of H-pyrrole nitrogens is 1. The van der Waals surface area contributed by atoms with E-state index in [2.05, 4.69) is 31.2 Å². The summed E-state index contributed by atoms with van der Waals surface area (Å²) in [5.74, 6) is 1.22. The third-order valence-corrected chi connectivity index (χ3v) is 3.58. The molecule has 0 aliphatic rings. The number of phenolic OH excluding ortho intramolecular Hbond substituents is 1. The van der Waals surface area contributed by atoms with Crippen molar-refractivity contribution in [2.24, 2.45) is 5.10 Å². The summed E-state index contributed by atoms with van der Waals surface area (Å²) in [6, 6.07) is 3.46. The molecule has 1 aromatic heterocycles. The van der Waals surface area contributed by atoms with E-state index in [0.717, 1.165) is 11.4 Å². The van der Waals surface area contributed by atoms with Crippen LogP contribution in [0.2, 0.25) is 0 Å². The molecule has 0 fully saturated rings. The molecule has 0 aliphatic heterocycles. The molecule has 0 amide bonds. The highest BCUT2D eigenvalue weighted by atomic mass is 79.9. The Labute approximate surface area is 135 Å². The van der Waals surface area contributed by atoms with E-state index in [1.54, 1.807) is 23.0 Å². The van der Waals surface area contributed by atoms with Crippen molar-refractivity contribution in [1.82, 2.24) is 14.9 Å². The van der Waals surface area contributed by atoms with Gasteiger partial charge in [0, 0.05) is 6.42 Å². The molecule has 1 aromatic carbocycles. The maximum absolute atomic E-state index is 9.88. The van der Waals surface area contributed by atoms with Gasteiger partial charge in [-0.15, -0.1) is 0 Å². The summed E-state index contributed by atoms with van der Waals surface area (Å²) in [5, 5.41) is 21.0. The zero-order valence-electron chi connectivity index (χ0n) is 11.6. The molecule has 0 radical (unpaired) electrons. The van der Waals surface area contributed by atoms with Crippen LogP contribution in [-0.2, 0) is 6.42 Å². The summed E-state index contributed by atoms with van der Waals surface area (Å²) < 4.78 is 7.92. The fraction of sp³-hybridized carbons (Fsp3) is 0.308. The van der Waals surface area contributed by atoms with Crippen LogP contribution in [0.3, 0.4) is 0 Å². The molecular formula is C13H15BrN4O2S. The number of aryl methyl sites for hydroxylation is 1. The van der Waals surface area contributed by atoms with Crippen LogP contribution in [0.15, 0.2) is 21.7 Å². The minimum absolute atomic E-state index is 0.0724. The first-order valence-corrected chi connectivity index (χ1v) is 7.62. The minimum atomic E-state index is 0.0724. The first kappa shape index (κ1) is 15.7. The predicted octanol–water partition coefficient (Wildman–Crippen LogP) is 3.25. The average molecular weight is 371 g/mol. The summed E-state index contributed by atoms with van der Waals surface area (Å²) in [6.45, 7) is 4.29. The van der Waals surface area contributed by atoms with Crippen molar-refractivity contribution in [2.45, 2.75) is 20.3 Å². The number of benzene rings is 1. The maximum atomic E-state index is 9.88. The largest absolute Gasteiger partial charge is 0.503 e. The van der Waals surface area contributed by atoms with Crippen molar-refractivity contribution in [3.8, 4) is 11.5 Å². The number of phenols is 1. The van der Waals surface area contributed by atoms with E-state index < -0.39 is 0 Å². The number of hydrogen-bond donors (Lipinski definition) is 2. The molecule has 0 bridgehead atoms. The zero-order chi connectivity index (χ0) is 15.4. The Balaban J connectivity index is 2.37. The highest BCUT2D eigenvalue weighted by Gasteiger charge is 2.08. The molecule has 2 N–H and O–H groups in total. The Morgan fingerprint density at radius 3 is 2.95 bits per heavy atom. The van der Waals surface area contributed by atoms with Gasteiger partial charge in [0.25, 0.3) is 0 Å². The first-order valence-electron chi connectivity index (χ1n) is 6.42. The number of halogens is 1. The van der Waals surface area contributed by atoms with Gasteiger partial charge in [0.2, 0.25) is 4.77 Å². The second-order valence-corrected chi connectivity index (χ2v) is 5.38. The van der Waals surface area contributed by atoms with Crippen molar-refractivity contribution in [3.63, 3.8) is 0 Å². The summed E-state index contributed by atoms with van der Waals surface area (Å²) >= 11 is 8.42. The van der Waals surface area contributed by atoms with Gasteiger partial charge in [-0.25, -0.2) is 0 Å². The smallest absolute Gasteiger partial charge is 0.216 e. The number of nitrogens with one attached hydrogen (secondary N) is 1. The van der Waals surface area contributed by atoms with Crippen LogP contribution >= 0.6 is 28.1 Å². The summed E-state index contributed by atoms with van der Waals surface area (Å²) in [7, 11) is 0. The van der Waals surface area contributed by atoms with Gasteiger partial charge >= 0.3 is 0 Å². The van der Waals surface area contributed by atoms with Gasteiger partial charge in [-0.2, -0.15) is 14.9 Å². The van der Waals surface area contributed by atoms with E-state index in [-0.39, 0.29) is 5.75 Å². The standard InChI is InChI=1S/C13H15BrN4O2S/c1-3-11-16-17-13(21)18(11)15-7-8-5-9(14)12(19)10(6-8)20-4-2/h5-7,19H,3-4H2,1-2H3,(H,17,21). The topological polar surface area (TPSA) is 75.4 Å². The molecule has 0 spiro atoms. The highest BCUT2D eigenvalue weighted by Crippen LogP contribution is 2.35. The second-order valence-electron chi connectivity index (χ2n) is 4.14. The van der Waals surface area contributed by atoms with Crippen molar-refractivity contribution in [3.05, 3.63) is 32.8 Å². The van der Waals surface area contributed by atoms with Gasteiger partial charge in [0.05, 0.1) is 17.3 Å². The fourth-order valence-corrected chi connectivity index (χ4v) is 2.39. The van der Waals surface area contributed by atoms with E-state index in [1.165, 1.54) is 0 Å². The fourth-order valence-electron chi connectivity index (χ4n) is 1.73. The van der Waals surface area contributed by atoms with E-state index in [0.29, 0.717) is 28.0 Å². The van der Waals surface area contributed by atoms with Gasteiger partial charge < -0.3 is 9.84 Å². The number of ether oxygens (including phenoxy) is 1. The average Bonchev–Trinajstić information content (AvgIpc) is 2.82. The number of rotatable bonds is 5. The highest BCUT2D eigenvalue weighted by molar-refractivity contribution is 9.10. The summed E-state index contributed by atoms with van der Waals surface area (Å²) in [4.78, 5) is 0. The molecule has 1 heterocycles. The number of nitrogens with zero attached hydrogens (tertiary/aromatic N) is 3. The van der Waals surface area contributed by atoms with E-state index >= 15 is 0 Å². The van der Waals surface area contributed by atoms with Crippen LogP contribution in [-0.4, -0.2) is 32.8 Å². The Bertz CT molecular complexity index is 723. The van der Waals surface area contributed by atoms with Crippen molar-refractivity contribution < 1.29 is 9.84 Å².